The van der Waals surface area contributed by atoms with Gasteiger partial charge in [-0.05, 0) is 13.0 Å². The number of rotatable bonds is 5. The van der Waals surface area contributed by atoms with E-state index in [1.807, 2.05) is 0 Å². The summed E-state index contributed by atoms with van der Waals surface area (Å²) in [6.07, 6.45) is -1.19. The minimum Gasteiger partial charge on any atom is -0.496 e. The zero-order valence-corrected chi connectivity index (χ0v) is 13.2. The SMILES string of the molecule is CCOC(=O)OC(=O)c1cc(S(=O)(=O)CC)c(N)cc1OC. The number of carbonyl (C=O) groups excluding carboxylic acids is 2. The molecule has 0 aliphatic carbocycles. The van der Waals surface area contributed by atoms with Crippen molar-refractivity contribution in [3.8, 4) is 5.75 Å². The van der Waals surface area contributed by atoms with Crippen molar-refractivity contribution in [3.05, 3.63) is 17.7 Å². The summed E-state index contributed by atoms with van der Waals surface area (Å²) in [7, 11) is -2.39. The van der Waals surface area contributed by atoms with Crippen molar-refractivity contribution in [2.24, 2.45) is 0 Å². The van der Waals surface area contributed by atoms with Gasteiger partial charge in [0, 0.05) is 6.07 Å². The van der Waals surface area contributed by atoms with Crippen LogP contribution in [0, 0.1) is 0 Å². The van der Waals surface area contributed by atoms with Crippen LogP contribution in [0.4, 0.5) is 10.5 Å². The quantitative estimate of drug-likeness (QED) is 0.488. The largest absolute Gasteiger partial charge is 0.516 e. The van der Waals surface area contributed by atoms with Crippen molar-refractivity contribution in [1.82, 2.24) is 0 Å². The Bertz CT molecular complexity index is 682. The summed E-state index contributed by atoms with van der Waals surface area (Å²) in [4.78, 5) is 22.9. The summed E-state index contributed by atoms with van der Waals surface area (Å²) >= 11 is 0. The van der Waals surface area contributed by atoms with Crippen LogP contribution >= 0.6 is 0 Å². The number of hydrogen-bond donors (Lipinski definition) is 1. The lowest BCUT2D eigenvalue weighted by Gasteiger charge is -2.12. The molecule has 0 bridgehead atoms. The van der Waals surface area contributed by atoms with E-state index in [2.05, 4.69) is 9.47 Å². The molecule has 0 heterocycles. The van der Waals surface area contributed by atoms with Crippen molar-refractivity contribution >= 4 is 27.6 Å². The number of hydrogen-bond acceptors (Lipinski definition) is 8. The Labute approximate surface area is 128 Å². The number of nitrogens with two attached hydrogens (primary N) is 1. The first-order chi connectivity index (χ1) is 10.3. The molecule has 1 aromatic rings. The maximum atomic E-state index is 12.0. The lowest BCUT2D eigenvalue weighted by atomic mass is 10.2. The summed E-state index contributed by atoms with van der Waals surface area (Å²) in [6, 6.07) is 2.21. The summed E-state index contributed by atoms with van der Waals surface area (Å²) in [6.45, 7) is 3.01. The topological polar surface area (TPSA) is 122 Å². The Balaban J connectivity index is 3.31. The average Bonchev–Trinajstić information content (AvgIpc) is 2.46. The van der Waals surface area contributed by atoms with Crippen molar-refractivity contribution in [1.29, 1.82) is 0 Å². The molecular weight excluding hydrogens is 314 g/mol. The first kappa shape index (κ1) is 17.8. The molecule has 8 nitrogen and oxygen atoms in total. The zero-order valence-electron chi connectivity index (χ0n) is 12.4. The second-order valence-corrected chi connectivity index (χ2v) is 6.31. The first-order valence-corrected chi connectivity index (χ1v) is 8.01. The Hall–Kier alpha value is -2.29. The third-order valence-corrected chi connectivity index (χ3v) is 4.49. The second-order valence-electron chi connectivity index (χ2n) is 4.07. The van der Waals surface area contributed by atoms with Crippen molar-refractivity contribution in [3.63, 3.8) is 0 Å². The molecular formula is C13H17NO7S. The maximum absolute atomic E-state index is 12.0. The van der Waals surface area contributed by atoms with E-state index in [-0.39, 0.29) is 34.3 Å². The molecule has 0 atom stereocenters. The Morgan fingerprint density at radius 2 is 1.86 bits per heavy atom. The van der Waals surface area contributed by atoms with Crippen LogP contribution in [0.2, 0.25) is 0 Å². The van der Waals surface area contributed by atoms with Gasteiger partial charge in [-0.3, -0.25) is 0 Å². The third-order valence-electron chi connectivity index (χ3n) is 2.71. The predicted octanol–water partition coefficient (Wildman–Crippen LogP) is 1.38. The van der Waals surface area contributed by atoms with Gasteiger partial charge in [0.15, 0.2) is 9.84 Å². The van der Waals surface area contributed by atoms with E-state index >= 15 is 0 Å². The second kappa shape index (κ2) is 7.12. The summed E-state index contributed by atoms with van der Waals surface area (Å²) < 4.78 is 37.8. The van der Waals surface area contributed by atoms with Gasteiger partial charge < -0.3 is 19.9 Å². The molecule has 1 rings (SSSR count). The molecule has 1 aromatic carbocycles. The van der Waals surface area contributed by atoms with Crippen LogP contribution in [0.25, 0.3) is 0 Å². The van der Waals surface area contributed by atoms with E-state index in [1.165, 1.54) is 20.1 Å². The highest BCUT2D eigenvalue weighted by atomic mass is 32.2. The molecule has 0 fully saturated rings. The van der Waals surface area contributed by atoms with Crippen LogP contribution in [0.15, 0.2) is 17.0 Å². The van der Waals surface area contributed by atoms with Crippen LogP contribution in [0.1, 0.15) is 24.2 Å². The van der Waals surface area contributed by atoms with Crippen LogP contribution in [0.5, 0.6) is 5.75 Å². The fraction of sp³-hybridized carbons (Fsp3) is 0.385. The van der Waals surface area contributed by atoms with Crippen molar-refractivity contribution in [2.75, 3.05) is 25.2 Å². The molecule has 9 heteroatoms. The Morgan fingerprint density at radius 1 is 1.23 bits per heavy atom. The molecule has 22 heavy (non-hydrogen) atoms. The fourth-order valence-electron chi connectivity index (χ4n) is 1.61. The van der Waals surface area contributed by atoms with Crippen molar-refractivity contribution < 1.29 is 32.2 Å². The van der Waals surface area contributed by atoms with Gasteiger partial charge in [0.05, 0.1) is 30.1 Å². The molecule has 0 aromatic heterocycles. The molecule has 0 spiro atoms. The molecule has 0 radical (unpaired) electrons. The molecule has 2 N–H and O–H groups in total. The van der Waals surface area contributed by atoms with E-state index in [0.29, 0.717) is 0 Å². The van der Waals surface area contributed by atoms with Crippen LogP contribution in [-0.2, 0) is 19.3 Å². The minimum atomic E-state index is -3.65. The summed E-state index contributed by atoms with van der Waals surface area (Å²) in [5, 5.41) is 0. The number of benzene rings is 1. The summed E-state index contributed by atoms with van der Waals surface area (Å²) in [5.41, 5.74) is 5.37. The van der Waals surface area contributed by atoms with Crippen LogP contribution in [0.3, 0.4) is 0 Å². The number of ether oxygens (including phenoxy) is 3. The Morgan fingerprint density at radius 3 is 2.36 bits per heavy atom. The van der Waals surface area contributed by atoms with Gasteiger partial charge in [-0.15, -0.1) is 0 Å². The van der Waals surface area contributed by atoms with Gasteiger partial charge in [-0.25, -0.2) is 18.0 Å². The molecule has 0 aliphatic heterocycles. The molecule has 122 valence electrons. The number of nitrogen functional groups attached to an aromatic ring is 1. The van der Waals surface area contributed by atoms with Crippen molar-refractivity contribution in [2.45, 2.75) is 18.7 Å². The number of anilines is 1. The van der Waals surface area contributed by atoms with Gasteiger partial charge in [-0.1, -0.05) is 6.92 Å². The average molecular weight is 331 g/mol. The number of methoxy groups -OCH3 is 1. The highest BCUT2D eigenvalue weighted by Gasteiger charge is 2.24. The number of sulfone groups is 1. The molecule has 0 saturated carbocycles. The van der Waals surface area contributed by atoms with Gasteiger partial charge in [0.25, 0.3) is 0 Å². The van der Waals surface area contributed by atoms with E-state index in [1.54, 1.807) is 6.92 Å². The zero-order chi connectivity index (χ0) is 16.9. The van der Waals surface area contributed by atoms with E-state index in [4.69, 9.17) is 10.5 Å². The van der Waals surface area contributed by atoms with Gasteiger partial charge >= 0.3 is 12.1 Å². The molecule has 0 unspecified atom stereocenters. The molecule has 0 amide bonds. The van der Waals surface area contributed by atoms with Gasteiger partial charge in [-0.2, -0.15) is 0 Å². The third kappa shape index (κ3) is 3.88. The van der Waals surface area contributed by atoms with E-state index in [9.17, 15) is 18.0 Å². The molecule has 0 saturated heterocycles. The standard InChI is InChI=1S/C13H17NO7S/c1-4-20-13(16)21-12(15)8-6-11(22(17,18)5-2)9(14)7-10(8)19-3/h6-7H,4-5,14H2,1-3H3. The fourth-order valence-corrected chi connectivity index (χ4v) is 2.63. The van der Waals surface area contributed by atoms with E-state index < -0.39 is 22.0 Å². The van der Waals surface area contributed by atoms with Crippen LogP contribution < -0.4 is 10.5 Å². The van der Waals surface area contributed by atoms with Gasteiger partial charge in [0.1, 0.15) is 11.3 Å². The lowest BCUT2D eigenvalue weighted by molar-refractivity contribution is 0.0399. The lowest BCUT2D eigenvalue weighted by Crippen LogP contribution is -2.16. The summed E-state index contributed by atoms with van der Waals surface area (Å²) in [5.74, 6) is -1.31. The number of carbonyl (C=O) groups is 2. The predicted molar refractivity (Wildman–Crippen MR) is 77.6 cm³/mol. The monoisotopic (exact) mass is 331 g/mol. The van der Waals surface area contributed by atoms with Crippen LogP contribution in [-0.4, -0.2) is 40.0 Å². The van der Waals surface area contributed by atoms with E-state index in [0.717, 1.165) is 6.07 Å². The molecule has 0 aliphatic rings. The highest BCUT2D eigenvalue weighted by molar-refractivity contribution is 7.91. The number of esters is 1. The highest BCUT2D eigenvalue weighted by Crippen LogP contribution is 2.29. The first-order valence-electron chi connectivity index (χ1n) is 6.36. The maximum Gasteiger partial charge on any atom is 0.516 e. The Kier molecular flexibility index (Phi) is 5.75. The smallest absolute Gasteiger partial charge is 0.496 e. The van der Waals surface area contributed by atoms with Gasteiger partial charge in [0.2, 0.25) is 0 Å². The minimum absolute atomic E-state index is 0.0122. The normalized spacial score (nSPS) is 10.9.